The number of carbonyl (C=O) groups is 1. The SMILES string of the molecule is Cc1noc2ncc(C(=O)NC3(CO)CCCC3)cc12. The first kappa shape index (κ1) is 13.1. The Morgan fingerprint density at radius 3 is 2.95 bits per heavy atom. The molecule has 1 fully saturated rings. The van der Waals surface area contributed by atoms with Crippen molar-refractivity contribution in [2.24, 2.45) is 0 Å². The minimum atomic E-state index is -0.476. The van der Waals surface area contributed by atoms with E-state index in [4.69, 9.17) is 4.52 Å². The number of fused-ring (bicyclic) bond motifs is 1. The zero-order valence-electron chi connectivity index (χ0n) is 11.3. The lowest BCUT2D eigenvalue weighted by Crippen LogP contribution is -2.49. The van der Waals surface area contributed by atoms with Gasteiger partial charge in [-0.1, -0.05) is 18.0 Å². The Morgan fingerprint density at radius 2 is 2.25 bits per heavy atom. The van der Waals surface area contributed by atoms with Gasteiger partial charge in [-0.25, -0.2) is 4.98 Å². The molecule has 2 aromatic rings. The third-order valence-electron chi connectivity index (χ3n) is 4.01. The first-order valence-corrected chi connectivity index (χ1v) is 6.79. The van der Waals surface area contributed by atoms with Gasteiger partial charge in [0.2, 0.25) is 0 Å². The van der Waals surface area contributed by atoms with Crippen LogP contribution >= 0.6 is 0 Å². The van der Waals surface area contributed by atoms with Crippen molar-refractivity contribution < 1.29 is 14.4 Å². The second kappa shape index (κ2) is 4.86. The van der Waals surface area contributed by atoms with Crippen LogP contribution in [0.1, 0.15) is 41.7 Å². The van der Waals surface area contributed by atoms with Crippen LogP contribution in [-0.4, -0.2) is 33.3 Å². The molecule has 1 aliphatic carbocycles. The maximum absolute atomic E-state index is 12.3. The Bertz CT molecular complexity index is 644. The van der Waals surface area contributed by atoms with Crippen molar-refractivity contribution in [3.63, 3.8) is 0 Å². The summed E-state index contributed by atoms with van der Waals surface area (Å²) in [5.41, 5.74) is 1.12. The normalized spacial score (nSPS) is 17.5. The molecule has 0 unspecified atom stereocenters. The van der Waals surface area contributed by atoms with Gasteiger partial charge >= 0.3 is 0 Å². The van der Waals surface area contributed by atoms with Crippen LogP contribution in [0.2, 0.25) is 0 Å². The fourth-order valence-corrected chi connectivity index (χ4v) is 2.76. The highest BCUT2D eigenvalue weighted by molar-refractivity contribution is 5.97. The molecule has 20 heavy (non-hydrogen) atoms. The Kier molecular flexibility index (Phi) is 3.17. The molecule has 0 bridgehead atoms. The number of amides is 1. The summed E-state index contributed by atoms with van der Waals surface area (Å²) in [6.07, 6.45) is 5.17. The number of nitrogens with zero attached hydrogens (tertiary/aromatic N) is 2. The topological polar surface area (TPSA) is 88.2 Å². The molecule has 0 aliphatic heterocycles. The first-order valence-electron chi connectivity index (χ1n) is 6.79. The summed E-state index contributed by atoms with van der Waals surface area (Å²) in [4.78, 5) is 16.4. The summed E-state index contributed by atoms with van der Waals surface area (Å²) in [5.74, 6) is -0.212. The van der Waals surface area contributed by atoms with Gasteiger partial charge in [0.1, 0.15) is 0 Å². The van der Waals surface area contributed by atoms with Gasteiger partial charge in [-0.2, -0.15) is 0 Å². The van der Waals surface area contributed by atoms with Gasteiger partial charge in [-0.05, 0) is 25.8 Å². The zero-order chi connectivity index (χ0) is 14.2. The van der Waals surface area contributed by atoms with Crippen LogP contribution in [0.3, 0.4) is 0 Å². The van der Waals surface area contributed by atoms with Crippen molar-refractivity contribution in [2.45, 2.75) is 38.1 Å². The molecule has 6 heteroatoms. The molecule has 1 amide bonds. The van der Waals surface area contributed by atoms with E-state index in [0.29, 0.717) is 17.0 Å². The molecule has 0 saturated heterocycles. The second-order valence-corrected chi connectivity index (χ2v) is 5.44. The Balaban J connectivity index is 1.86. The molecule has 0 aromatic carbocycles. The summed E-state index contributed by atoms with van der Waals surface area (Å²) in [6, 6.07) is 1.73. The molecule has 2 heterocycles. The fourth-order valence-electron chi connectivity index (χ4n) is 2.76. The number of pyridine rings is 1. The van der Waals surface area contributed by atoms with Crippen LogP contribution in [0, 0.1) is 6.92 Å². The molecule has 3 rings (SSSR count). The summed E-state index contributed by atoms with van der Waals surface area (Å²) in [7, 11) is 0. The Hall–Kier alpha value is -1.95. The van der Waals surface area contributed by atoms with Crippen molar-refractivity contribution in [3.05, 3.63) is 23.5 Å². The lowest BCUT2D eigenvalue weighted by Gasteiger charge is -2.27. The molecule has 2 aromatic heterocycles. The van der Waals surface area contributed by atoms with E-state index in [0.717, 1.165) is 31.1 Å². The van der Waals surface area contributed by atoms with E-state index in [-0.39, 0.29) is 12.5 Å². The third-order valence-corrected chi connectivity index (χ3v) is 4.01. The van der Waals surface area contributed by atoms with Crippen LogP contribution in [0.4, 0.5) is 0 Å². The van der Waals surface area contributed by atoms with Crippen LogP contribution in [-0.2, 0) is 0 Å². The monoisotopic (exact) mass is 275 g/mol. The summed E-state index contributed by atoms with van der Waals surface area (Å²) in [5, 5.41) is 17.1. The average Bonchev–Trinajstić information content (AvgIpc) is 3.07. The van der Waals surface area contributed by atoms with Crippen molar-refractivity contribution >= 4 is 17.0 Å². The number of nitrogens with one attached hydrogen (secondary N) is 1. The van der Waals surface area contributed by atoms with Gasteiger partial charge in [-0.3, -0.25) is 4.79 Å². The number of aromatic nitrogens is 2. The molecule has 6 nitrogen and oxygen atoms in total. The molecular formula is C14H17N3O3. The highest BCUT2D eigenvalue weighted by atomic mass is 16.5. The van der Waals surface area contributed by atoms with Gasteiger partial charge in [-0.15, -0.1) is 0 Å². The number of rotatable bonds is 3. The Morgan fingerprint density at radius 1 is 1.50 bits per heavy atom. The molecular weight excluding hydrogens is 258 g/mol. The Labute approximate surface area is 116 Å². The maximum Gasteiger partial charge on any atom is 0.257 e. The van der Waals surface area contributed by atoms with Crippen molar-refractivity contribution in [1.29, 1.82) is 0 Å². The molecule has 2 N–H and O–H groups in total. The van der Waals surface area contributed by atoms with Gasteiger partial charge < -0.3 is 14.9 Å². The molecule has 106 valence electrons. The number of hydrogen-bond donors (Lipinski definition) is 2. The highest BCUT2D eigenvalue weighted by Gasteiger charge is 2.34. The average molecular weight is 275 g/mol. The minimum Gasteiger partial charge on any atom is -0.394 e. The molecule has 1 saturated carbocycles. The van der Waals surface area contributed by atoms with Crippen LogP contribution in [0.25, 0.3) is 11.1 Å². The van der Waals surface area contributed by atoms with Gasteiger partial charge in [0.25, 0.3) is 11.6 Å². The van der Waals surface area contributed by atoms with Crippen molar-refractivity contribution in [2.75, 3.05) is 6.61 Å². The predicted molar refractivity (Wildman–Crippen MR) is 72.3 cm³/mol. The summed E-state index contributed by atoms with van der Waals surface area (Å²) < 4.78 is 5.03. The van der Waals surface area contributed by atoms with E-state index >= 15 is 0 Å². The minimum absolute atomic E-state index is 0.0271. The first-order chi connectivity index (χ1) is 9.63. The largest absolute Gasteiger partial charge is 0.394 e. The van der Waals surface area contributed by atoms with Crippen LogP contribution in [0.15, 0.2) is 16.8 Å². The summed E-state index contributed by atoms with van der Waals surface area (Å²) >= 11 is 0. The smallest absolute Gasteiger partial charge is 0.257 e. The predicted octanol–water partition coefficient (Wildman–Crippen LogP) is 1.57. The van der Waals surface area contributed by atoms with Gasteiger partial charge in [0, 0.05) is 6.20 Å². The van der Waals surface area contributed by atoms with Crippen molar-refractivity contribution in [3.8, 4) is 0 Å². The fraction of sp³-hybridized carbons (Fsp3) is 0.500. The van der Waals surface area contributed by atoms with Gasteiger partial charge in [0.05, 0.1) is 28.8 Å². The number of carbonyl (C=O) groups excluding carboxylic acids is 1. The lowest BCUT2D eigenvalue weighted by atomic mass is 9.98. The van der Waals surface area contributed by atoms with E-state index in [9.17, 15) is 9.90 Å². The standard InChI is InChI=1S/C14H17N3O3/c1-9-11-6-10(7-15-13(11)20-17-9)12(19)16-14(8-18)4-2-3-5-14/h6-7,18H,2-5,8H2,1H3,(H,16,19). The van der Waals surface area contributed by atoms with Crippen LogP contribution < -0.4 is 5.32 Å². The summed E-state index contributed by atoms with van der Waals surface area (Å²) in [6.45, 7) is 1.78. The molecule has 0 radical (unpaired) electrons. The quantitative estimate of drug-likeness (QED) is 0.887. The molecule has 0 atom stereocenters. The van der Waals surface area contributed by atoms with E-state index in [1.807, 2.05) is 0 Å². The number of aliphatic hydroxyl groups is 1. The van der Waals surface area contributed by atoms with E-state index in [1.54, 1.807) is 13.0 Å². The molecule has 0 spiro atoms. The maximum atomic E-state index is 12.3. The van der Waals surface area contributed by atoms with E-state index in [2.05, 4.69) is 15.5 Å². The zero-order valence-corrected chi connectivity index (χ0v) is 11.3. The third kappa shape index (κ3) is 2.16. The van der Waals surface area contributed by atoms with Gasteiger partial charge in [0.15, 0.2) is 0 Å². The lowest BCUT2D eigenvalue weighted by molar-refractivity contribution is 0.0838. The number of aryl methyl sites for hydroxylation is 1. The van der Waals surface area contributed by atoms with Crippen molar-refractivity contribution in [1.82, 2.24) is 15.5 Å². The number of aliphatic hydroxyl groups excluding tert-OH is 1. The number of hydrogen-bond acceptors (Lipinski definition) is 5. The second-order valence-electron chi connectivity index (χ2n) is 5.44. The highest BCUT2D eigenvalue weighted by Crippen LogP contribution is 2.29. The molecule has 1 aliphatic rings. The van der Waals surface area contributed by atoms with Crippen LogP contribution in [0.5, 0.6) is 0 Å². The van der Waals surface area contributed by atoms with E-state index < -0.39 is 5.54 Å². The van der Waals surface area contributed by atoms with E-state index in [1.165, 1.54) is 6.20 Å².